The highest BCUT2D eigenvalue weighted by Crippen LogP contribution is 2.26. The molecular formula is C26H23N3O. The monoisotopic (exact) mass is 393 g/mol. The van der Waals surface area contributed by atoms with Crippen LogP contribution < -0.4 is 10.6 Å². The third-order valence-electron chi connectivity index (χ3n) is 4.88. The molecule has 0 aliphatic heterocycles. The molecule has 0 saturated carbocycles. The zero-order chi connectivity index (χ0) is 20.6. The normalized spacial score (nSPS) is 10.6. The maximum Gasteiger partial charge on any atom is 0.237 e. The van der Waals surface area contributed by atoms with Crippen LogP contribution in [0.3, 0.4) is 0 Å². The predicted octanol–water partition coefficient (Wildman–Crippen LogP) is 5.46. The molecule has 0 atom stereocenters. The van der Waals surface area contributed by atoms with Gasteiger partial charge in [-0.1, -0.05) is 91.0 Å². The number of amides is 1. The third-order valence-corrected chi connectivity index (χ3v) is 4.88. The standard InChI is InChI=1S/C26H23N3O/c30-26(25(21-12-6-2-7-13-21)22-14-8-3-9-15-22)29-24-17-16-23(19-28-24)27-18-20-10-4-1-5-11-20/h1-17,19,25,27H,18H2,(H,28,29,30). The van der Waals surface area contributed by atoms with Crippen LogP contribution in [0.25, 0.3) is 0 Å². The third kappa shape index (κ3) is 4.92. The van der Waals surface area contributed by atoms with E-state index in [9.17, 15) is 4.79 Å². The van der Waals surface area contributed by atoms with Crippen molar-refractivity contribution in [3.05, 3.63) is 126 Å². The number of nitrogens with one attached hydrogen (secondary N) is 2. The summed E-state index contributed by atoms with van der Waals surface area (Å²) < 4.78 is 0. The summed E-state index contributed by atoms with van der Waals surface area (Å²) in [4.78, 5) is 17.5. The molecule has 0 aliphatic carbocycles. The Kier molecular flexibility index (Phi) is 6.16. The number of hydrogen-bond acceptors (Lipinski definition) is 3. The second-order valence-corrected chi connectivity index (χ2v) is 7.01. The van der Waals surface area contributed by atoms with Gasteiger partial charge in [0.1, 0.15) is 5.82 Å². The second-order valence-electron chi connectivity index (χ2n) is 7.01. The van der Waals surface area contributed by atoms with Gasteiger partial charge in [-0.05, 0) is 28.8 Å². The largest absolute Gasteiger partial charge is 0.380 e. The Bertz CT molecular complexity index is 1030. The molecule has 4 nitrogen and oxygen atoms in total. The summed E-state index contributed by atoms with van der Waals surface area (Å²) in [5.74, 6) is 0.0251. The Morgan fingerprint density at radius 3 is 1.83 bits per heavy atom. The summed E-state index contributed by atoms with van der Waals surface area (Å²) in [6.45, 7) is 0.721. The Labute approximate surface area is 176 Å². The van der Waals surface area contributed by atoms with Crippen LogP contribution in [-0.4, -0.2) is 10.9 Å². The van der Waals surface area contributed by atoms with Gasteiger partial charge in [0, 0.05) is 6.54 Å². The number of carbonyl (C=O) groups excluding carboxylic acids is 1. The average molecular weight is 393 g/mol. The van der Waals surface area contributed by atoms with Crippen molar-refractivity contribution in [2.45, 2.75) is 12.5 Å². The molecular weight excluding hydrogens is 370 g/mol. The van der Waals surface area contributed by atoms with E-state index in [1.807, 2.05) is 91.0 Å². The first-order valence-electron chi connectivity index (χ1n) is 9.94. The van der Waals surface area contributed by atoms with E-state index in [1.54, 1.807) is 6.20 Å². The molecule has 0 unspecified atom stereocenters. The first kappa shape index (κ1) is 19.4. The second kappa shape index (κ2) is 9.52. The summed E-state index contributed by atoms with van der Waals surface area (Å²) in [6.07, 6.45) is 1.73. The van der Waals surface area contributed by atoms with Crippen molar-refractivity contribution in [3.8, 4) is 0 Å². The van der Waals surface area contributed by atoms with E-state index in [4.69, 9.17) is 0 Å². The van der Waals surface area contributed by atoms with Crippen LogP contribution in [0, 0.1) is 0 Å². The number of nitrogens with zero attached hydrogens (tertiary/aromatic N) is 1. The van der Waals surface area contributed by atoms with E-state index in [1.165, 1.54) is 5.56 Å². The van der Waals surface area contributed by atoms with E-state index < -0.39 is 5.92 Å². The van der Waals surface area contributed by atoms with Crippen LogP contribution >= 0.6 is 0 Å². The van der Waals surface area contributed by atoms with Crippen molar-refractivity contribution in [2.75, 3.05) is 10.6 Å². The fourth-order valence-electron chi connectivity index (χ4n) is 3.36. The van der Waals surface area contributed by atoms with Gasteiger partial charge in [-0.25, -0.2) is 4.98 Å². The van der Waals surface area contributed by atoms with Gasteiger partial charge in [0.2, 0.25) is 5.91 Å². The molecule has 0 aliphatic rings. The van der Waals surface area contributed by atoms with Gasteiger partial charge in [-0.2, -0.15) is 0 Å². The van der Waals surface area contributed by atoms with Crippen LogP contribution in [-0.2, 0) is 11.3 Å². The molecule has 0 fully saturated rings. The van der Waals surface area contributed by atoms with Crippen LogP contribution in [0.4, 0.5) is 11.5 Å². The molecule has 1 amide bonds. The molecule has 0 saturated heterocycles. The number of anilines is 2. The topological polar surface area (TPSA) is 54.0 Å². The van der Waals surface area contributed by atoms with Crippen molar-refractivity contribution >= 4 is 17.4 Å². The lowest BCUT2D eigenvalue weighted by Gasteiger charge is -2.17. The molecule has 1 aromatic heterocycles. The van der Waals surface area contributed by atoms with E-state index in [-0.39, 0.29) is 5.91 Å². The van der Waals surface area contributed by atoms with Gasteiger partial charge in [0.25, 0.3) is 0 Å². The van der Waals surface area contributed by atoms with Gasteiger partial charge >= 0.3 is 0 Å². The lowest BCUT2D eigenvalue weighted by atomic mass is 9.90. The summed E-state index contributed by atoms with van der Waals surface area (Å²) in [7, 11) is 0. The van der Waals surface area contributed by atoms with Gasteiger partial charge in [-0.3, -0.25) is 4.79 Å². The zero-order valence-electron chi connectivity index (χ0n) is 16.5. The minimum Gasteiger partial charge on any atom is -0.380 e. The molecule has 0 spiro atoms. The van der Waals surface area contributed by atoms with Gasteiger partial charge < -0.3 is 10.6 Å². The van der Waals surface area contributed by atoms with Crippen LogP contribution in [0.1, 0.15) is 22.6 Å². The lowest BCUT2D eigenvalue weighted by Crippen LogP contribution is -2.22. The van der Waals surface area contributed by atoms with E-state index >= 15 is 0 Å². The molecule has 4 aromatic rings. The van der Waals surface area contributed by atoms with Gasteiger partial charge in [0.05, 0.1) is 17.8 Å². The first-order chi connectivity index (χ1) is 14.8. The summed E-state index contributed by atoms with van der Waals surface area (Å²) in [5.41, 5.74) is 3.99. The van der Waals surface area contributed by atoms with Crippen LogP contribution in [0.15, 0.2) is 109 Å². The smallest absolute Gasteiger partial charge is 0.237 e. The van der Waals surface area contributed by atoms with Crippen molar-refractivity contribution in [2.24, 2.45) is 0 Å². The average Bonchev–Trinajstić information content (AvgIpc) is 2.81. The number of pyridine rings is 1. The minimum atomic E-state index is -0.398. The fourth-order valence-corrected chi connectivity index (χ4v) is 3.36. The highest BCUT2D eigenvalue weighted by molar-refractivity contribution is 5.97. The molecule has 148 valence electrons. The molecule has 1 heterocycles. The maximum atomic E-state index is 13.1. The van der Waals surface area contributed by atoms with E-state index in [2.05, 4.69) is 27.8 Å². The van der Waals surface area contributed by atoms with E-state index in [0.717, 1.165) is 23.4 Å². The molecule has 4 rings (SSSR count). The predicted molar refractivity (Wildman–Crippen MR) is 121 cm³/mol. The van der Waals surface area contributed by atoms with Crippen molar-refractivity contribution in [3.63, 3.8) is 0 Å². The number of benzene rings is 3. The van der Waals surface area contributed by atoms with Crippen molar-refractivity contribution in [1.82, 2.24) is 4.98 Å². The Hall–Kier alpha value is -3.92. The molecule has 0 bridgehead atoms. The maximum absolute atomic E-state index is 13.1. The minimum absolute atomic E-state index is 0.107. The molecule has 0 radical (unpaired) electrons. The number of aromatic nitrogens is 1. The fraction of sp³-hybridized carbons (Fsp3) is 0.0769. The van der Waals surface area contributed by atoms with Crippen molar-refractivity contribution in [1.29, 1.82) is 0 Å². The summed E-state index contributed by atoms with van der Waals surface area (Å²) in [6, 6.07) is 33.5. The molecule has 30 heavy (non-hydrogen) atoms. The first-order valence-corrected chi connectivity index (χ1v) is 9.94. The Balaban J connectivity index is 1.46. The molecule has 3 aromatic carbocycles. The zero-order valence-corrected chi connectivity index (χ0v) is 16.5. The number of carbonyl (C=O) groups is 1. The molecule has 2 N–H and O–H groups in total. The SMILES string of the molecule is O=C(Nc1ccc(NCc2ccccc2)cn1)C(c1ccccc1)c1ccccc1. The quantitative estimate of drug-likeness (QED) is 0.438. The number of rotatable bonds is 7. The highest BCUT2D eigenvalue weighted by Gasteiger charge is 2.22. The Morgan fingerprint density at radius 1 is 0.733 bits per heavy atom. The van der Waals surface area contributed by atoms with Gasteiger partial charge in [-0.15, -0.1) is 0 Å². The summed E-state index contributed by atoms with van der Waals surface area (Å²) >= 11 is 0. The van der Waals surface area contributed by atoms with E-state index in [0.29, 0.717) is 5.82 Å². The van der Waals surface area contributed by atoms with Crippen LogP contribution in [0.5, 0.6) is 0 Å². The highest BCUT2D eigenvalue weighted by atomic mass is 16.1. The summed E-state index contributed by atoms with van der Waals surface area (Å²) in [5, 5.41) is 6.30. The lowest BCUT2D eigenvalue weighted by molar-refractivity contribution is -0.116. The van der Waals surface area contributed by atoms with Gasteiger partial charge in [0.15, 0.2) is 0 Å². The number of hydrogen-bond donors (Lipinski definition) is 2. The van der Waals surface area contributed by atoms with Crippen LogP contribution in [0.2, 0.25) is 0 Å². The van der Waals surface area contributed by atoms with Crippen molar-refractivity contribution < 1.29 is 4.79 Å². The Morgan fingerprint density at radius 2 is 1.30 bits per heavy atom. The molecule has 4 heteroatoms.